The zero-order chi connectivity index (χ0) is 24.2. The van der Waals surface area contributed by atoms with Crippen molar-refractivity contribution in [2.24, 2.45) is 0 Å². The molecule has 0 spiro atoms. The van der Waals surface area contributed by atoms with Gasteiger partial charge in [-0.05, 0) is 44.5 Å². The highest BCUT2D eigenvalue weighted by atomic mass is 32.2. The number of anilines is 2. The number of rotatable bonds is 7. The summed E-state index contributed by atoms with van der Waals surface area (Å²) in [6, 6.07) is 25.1. The Kier molecular flexibility index (Phi) is 6.86. The van der Waals surface area contributed by atoms with E-state index in [1.54, 1.807) is 11.8 Å². The summed E-state index contributed by atoms with van der Waals surface area (Å²) in [5, 5.41) is 13.1. The van der Waals surface area contributed by atoms with Crippen LogP contribution >= 0.6 is 11.8 Å². The molecule has 0 radical (unpaired) electrons. The van der Waals surface area contributed by atoms with Gasteiger partial charge in [0.05, 0.1) is 0 Å². The molecule has 5 rings (SSSR count). The molecule has 7 heteroatoms. The van der Waals surface area contributed by atoms with Crippen molar-refractivity contribution in [2.75, 3.05) is 23.3 Å². The number of aryl methyl sites for hydroxylation is 1. The molecule has 1 atom stereocenters. The molecule has 35 heavy (non-hydrogen) atoms. The fourth-order valence-electron chi connectivity index (χ4n) is 4.14. The molecule has 1 aliphatic heterocycles. The molecule has 3 aromatic carbocycles. The van der Waals surface area contributed by atoms with E-state index in [4.69, 9.17) is 9.72 Å². The van der Waals surface area contributed by atoms with E-state index in [9.17, 15) is 0 Å². The summed E-state index contributed by atoms with van der Waals surface area (Å²) in [6.45, 7) is 8.37. The minimum absolute atomic E-state index is 0.394. The monoisotopic (exact) mass is 483 g/mol. The van der Waals surface area contributed by atoms with Gasteiger partial charge < -0.3 is 15.0 Å². The van der Waals surface area contributed by atoms with Gasteiger partial charge in [-0.1, -0.05) is 71.9 Å². The van der Waals surface area contributed by atoms with Crippen LogP contribution in [0.25, 0.3) is 11.3 Å². The van der Waals surface area contributed by atoms with Crippen molar-refractivity contribution in [3.05, 3.63) is 89.5 Å². The van der Waals surface area contributed by atoms with Crippen LogP contribution in [0.4, 0.5) is 11.4 Å². The van der Waals surface area contributed by atoms with E-state index in [-0.39, 0.29) is 0 Å². The van der Waals surface area contributed by atoms with Crippen molar-refractivity contribution in [1.29, 1.82) is 0 Å². The zero-order valence-electron chi connectivity index (χ0n) is 20.2. The SMILES string of the molecule is CCN(CC)c1ccc([C@@H]2Nc3ccccc3-c3nnc(SCc4ccc(C)cc4)nc3O2)cc1. The van der Waals surface area contributed by atoms with Crippen molar-refractivity contribution in [1.82, 2.24) is 15.2 Å². The molecule has 0 amide bonds. The molecule has 0 saturated carbocycles. The van der Waals surface area contributed by atoms with E-state index in [0.29, 0.717) is 16.7 Å². The number of thioether (sulfide) groups is 1. The lowest BCUT2D eigenvalue weighted by molar-refractivity contribution is 0.225. The Morgan fingerprint density at radius 1 is 0.914 bits per heavy atom. The standard InChI is InChI=1S/C28H29N5OS/c1-4-33(5-2)22-16-14-21(15-17-22)26-29-24-9-7-6-8-23(24)25-27(34-26)30-28(32-31-25)35-18-20-12-10-19(3)11-13-20/h6-17,26,29H,4-5,18H2,1-3H3/t26-/m1/s1. The average Bonchev–Trinajstić information content (AvgIpc) is 3.06. The van der Waals surface area contributed by atoms with Gasteiger partial charge in [0, 0.05) is 41.3 Å². The molecule has 4 aromatic rings. The maximum absolute atomic E-state index is 6.44. The van der Waals surface area contributed by atoms with Crippen LogP contribution in [-0.4, -0.2) is 28.3 Å². The predicted molar refractivity (Wildman–Crippen MR) is 143 cm³/mol. The number of para-hydroxylation sites is 1. The van der Waals surface area contributed by atoms with E-state index in [1.165, 1.54) is 16.8 Å². The Morgan fingerprint density at radius 2 is 1.66 bits per heavy atom. The second kappa shape index (κ2) is 10.4. The van der Waals surface area contributed by atoms with Gasteiger partial charge in [0.15, 0.2) is 11.9 Å². The first-order chi connectivity index (χ1) is 17.1. The number of hydrogen-bond donors (Lipinski definition) is 1. The number of ether oxygens (including phenoxy) is 1. The molecule has 1 aliphatic rings. The summed E-state index contributed by atoms with van der Waals surface area (Å²) < 4.78 is 6.44. The van der Waals surface area contributed by atoms with Gasteiger partial charge in [0.1, 0.15) is 0 Å². The van der Waals surface area contributed by atoms with Crippen LogP contribution in [0.1, 0.15) is 36.8 Å². The van der Waals surface area contributed by atoms with Crippen LogP contribution in [-0.2, 0) is 5.75 Å². The Balaban J connectivity index is 1.44. The lowest BCUT2D eigenvalue weighted by Crippen LogP contribution is -2.22. The van der Waals surface area contributed by atoms with E-state index >= 15 is 0 Å². The van der Waals surface area contributed by atoms with Gasteiger partial charge in [-0.3, -0.25) is 0 Å². The number of nitrogens with one attached hydrogen (secondary N) is 1. The number of hydrogen-bond acceptors (Lipinski definition) is 7. The summed E-state index contributed by atoms with van der Waals surface area (Å²) in [7, 11) is 0. The first-order valence-corrected chi connectivity index (χ1v) is 12.9. The maximum Gasteiger partial charge on any atom is 0.247 e. The van der Waals surface area contributed by atoms with E-state index in [2.05, 4.69) is 89.7 Å². The Hall–Kier alpha value is -3.58. The van der Waals surface area contributed by atoms with Gasteiger partial charge in [-0.2, -0.15) is 4.98 Å². The first-order valence-electron chi connectivity index (χ1n) is 11.9. The molecule has 0 bridgehead atoms. The first kappa shape index (κ1) is 23.2. The van der Waals surface area contributed by atoms with Crippen LogP contribution < -0.4 is 15.0 Å². The largest absolute Gasteiger partial charge is 0.448 e. The van der Waals surface area contributed by atoms with Crippen molar-refractivity contribution < 1.29 is 4.74 Å². The smallest absolute Gasteiger partial charge is 0.247 e. The predicted octanol–water partition coefficient (Wildman–Crippen LogP) is 6.49. The molecule has 0 unspecified atom stereocenters. The van der Waals surface area contributed by atoms with Crippen LogP contribution in [0.2, 0.25) is 0 Å². The van der Waals surface area contributed by atoms with Crippen molar-refractivity contribution in [3.63, 3.8) is 0 Å². The second-order valence-electron chi connectivity index (χ2n) is 8.47. The highest BCUT2D eigenvalue weighted by molar-refractivity contribution is 7.98. The minimum atomic E-state index is -0.394. The highest BCUT2D eigenvalue weighted by Gasteiger charge is 2.26. The summed E-state index contributed by atoms with van der Waals surface area (Å²) in [5.41, 5.74) is 7.22. The summed E-state index contributed by atoms with van der Waals surface area (Å²) in [6.07, 6.45) is -0.394. The van der Waals surface area contributed by atoms with E-state index in [1.807, 2.05) is 24.3 Å². The maximum atomic E-state index is 6.44. The second-order valence-corrected chi connectivity index (χ2v) is 9.42. The Morgan fingerprint density at radius 3 is 2.40 bits per heavy atom. The molecule has 0 aliphatic carbocycles. The average molecular weight is 484 g/mol. The summed E-state index contributed by atoms with van der Waals surface area (Å²) >= 11 is 1.56. The van der Waals surface area contributed by atoms with Crippen molar-refractivity contribution in [3.8, 4) is 17.1 Å². The zero-order valence-corrected chi connectivity index (χ0v) is 21.0. The third-order valence-corrected chi connectivity index (χ3v) is 7.06. The number of fused-ring (bicyclic) bond motifs is 3. The third-order valence-electron chi connectivity index (χ3n) is 6.15. The number of nitrogens with zero attached hydrogens (tertiary/aromatic N) is 4. The van der Waals surface area contributed by atoms with Crippen molar-refractivity contribution in [2.45, 2.75) is 37.9 Å². The van der Waals surface area contributed by atoms with E-state index in [0.717, 1.165) is 35.7 Å². The molecule has 6 nitrogen and oxygen atoms in total. The van der Waals surface area contributed by atoms with E-state index < -0.39 is 6.23 Å². The molecule has 1 N–H and O–H groups in total. The molecule has 178 valence electrons. The topological polar surface area (TPSA) is 63.2 Å². The Labute approximate surface area is 210 Å². The molecule has 1 aromatic heterocycles. The third kappa shape index (κ3) is 5.10. The van der Waals surface area contributed by atoms with Crippen LogP contribution in [0.15, 0.2) is 78.0 Å². The van der Waals surface area contributed by atoms with Gasteiger partial charge in [-0.25, -0.2) is 0 Å². The van der Waals surface area contributed by atoms with Gasteiger partial charge in [0.2, 0.25) is 11.0 Å². The number of benzene rings is 3. The summed E-state index contributed by atoms with van der Waals surface area (Å²) in [5.74, 6) is 1.26. The van der Waals surface area contributed by atoms with Gasteiger partial charge >= 0.3 is 0 Å². The molecule has 2 heterocycles. The quantitative estimate of drug-likeness (QED) is 0.302. The normalized spacial score (nSPS) is 14.2. The fourth-order valence-corrected chi connectivity index (χ4v) is 4.87. The van der Waals surface area contributed by atoms with Crippen molar-refractivity contribution >= 4 is 23.1 Å². The molecular weight excluding hydrogens is 454 g/mol. The minimum Gasteiger partial charge on any atom is -0.448 e. The Bertz CT molecular complexity index is 1290. The summed E-state index contributed by atoms with van der Waals surface area (Å²) in [4.78, 5) is 7.10. The van der Waals surface area contributed by atoms with Crippen LogP contribution in [0, 0.1) is 6.92 Å². The van der Waals surface area contributed by atoms with Gasteiger partial charge in [-0.15, -0.1) is 10.2 Å². The fraction of sp³-hybridized carbons (Fsp3) is 0.250. The lowest BCUT2D eigenvalue weighted by atomic mass is 10.1. The lowest BCUT2D eigenvalue weighted by Gasteiger charge is -2.23. The van der Waals surface area contributed by atoms with Crippen LogP contribution in [0.5, 0.6) is 5.88 Å². The molecule has 0 saturated heterocycles. The van der Waals surface area contributed by atoms with Crippen LogP contribution in [0.3, 0.4) is 0 Å². The van der Waals surface area contributed by atoms with Gasteiger partial charge in [0.25, 0.3) is 0 Å². The number of aromatic nitrogens is 3. The molecular formula is C28H29N5OS. The molecule has 0 fully saturated rings. The highest BCUT2D eigenvalue weighted by Crippen LogP contribution is 2.39.